The fourth-order valence-electron chi connectivity index (χ4n) is 1.73. The van der Waals surface area contributed by atoms with E-state index in [2.05, 4.69) is 0 Å². The molecule has 0 bridgehead atoms. The second-order valence-electron chi connectivity index (χ2n) is 4.84. The Hall–Kier alpha value is -2.43. The summed E-state index contributed by atoms with van der Waals surface area (Å²) in [5.74, 6) is 0.214. The number of hydrogen-bond acceptors (Lipinski definition) is 5. The Labute approximate surface area is 133 Å². The zero-order valence-electron chi connectivity index (χ0n) is 12.6. The number of carbonyl (C=O) groups excluding carboxylic acids is 2. The van der Waals surface area contributed by atoms with E-state index in [0.717, 1.165) is 0 Å². The molecule has 2 rings (SSSR count). The lowest BCUT2D eigenvalue weighted by atomic mass is 10.2. The fraction of sp³-hybridized carbons (Fsp3) is 0.125. The van der Waals surface area contributed by atoms with Crippen molar-refractivity contribution in [1.82, 2.24) is 0 Å². The molecule has 0 spiro atoms. The Morgan fingerprint density at radius 3 is 1.52 bits per heavy atom. The van der Waals surface area contributed by atoms with Crippen molar-refractivity contribution < 1.29 is 28.5 Å². The molecule has 2 aromatic rings. The highest BCUT2D eigenvalue weighted by Gasteiger charge is 2.43. The van der Waals surface area contributed by atoms with E-state index in [9.17, 15) is 19.0 Å². The molecule has 0 aliphatic carbocycles. The minimum absolute atomic E-state index is 0.107. The zero-order valence-corrected chi connectivity index (χ0v) is 13.4. The third kappa shape index (κ3) is 3.86. The van der Waals surface area contributed by atoms with Gasteiger partial charge in [0.1, 0.15) is 11.5 Å². The van der Waals surface area contributed by atoms with Gasteiger partial charge in [-0.05, 0) is 37.1 Å². The van der Waals surface area contributed by atoms with Crippen molar-refractivity contribution in [3.05, 3.63) is 59.7 Å². The Bertz CT molecular complexity index is 735. The lowest BCUT2D eigenvalue weighted by Crippen LogP contribution is -2.17. The van der Waals surface area contributed by atoms with Crippen LogP contribution in [-0.2, 0) is 4.57 Å². The minimum Gasteiger partial charge on any atom is -0.419 e. The molecule has 1 N–H and O–H groups in total. The third-order valence-corrected chi connectivity index (χ3v) is 4.25. The topological polar surface area (TPSA) is 89.9 Å². The number of aryl methyl sites for hydroxylation is 2. The van der Waals surface area contributed by atoms with Gasteiger partial charge < -0.3 is 14.4 Å². The lowest BCUT2D eigenvalue weighted by Gasteiger charge is -2.12. The molecule has 0 aromatic heterocycles. The standard InChI is InChI=1S/C16H15O6P/c1-11-7-3-5-9-13(11)21-15(17)23(19,20)16(18)22-14-10-6-4-8-12(14)2/h3-10H,1-2H3,(H,19,20). The molecule has 7 heteroatoms. The molecule has 0 atom stereocenters. The average molecular weight is 334 g/mol. The molecular weight excluding hydrogens is 319 g/mol. The predicted octanol–water partition coefficient (Wildman–Crippen LogP) is 4.27. The third-order valence-electron chi connectivity index (χ3n) is 3.08. The van der Waals surface area contributed by atoms with Crippen LogP contribution in [0.4, 0.5) is 9.59 Å². The van der Waals surface area contributed by atoms with Crippen LogP contribution in [0.5, 0.6) is 11.5 Å². The Morgan fingerprint density at radius 1 is 0.826 bits per heavy atom. The van der Waals surface area contributed by atoms with Crippen molar-refractivity contribution in [2.75, 3.05) is 0 Å². The molecule has 120 valence electrons. The van der Waals surface area contributed by atoms with Gasteiger partial charge in [-0.15, -0.1) is 0 Å². The number of ether oxygens (including phenoxy) is 2. The predicted molar refractivity (Wildman–Crippen MR) is 84.2 cm³/mol. The zero-order chi connectivity index (χ0) is 17.0. The van der Waals surface area contributed by atoms with Gasteiger partial charge >= 0.3 is 18.8 Å². The van der Waals surface area contributed by atoms with Crippen LogP contribution < -0.4 is 9.47 Å². The summed E-state index contributed by atoms with van der Waals surface area (Å²) in [5, 5.41) is 0. The van der Waals surface area contributed by atoms with E-state index in [1.54, 1.807) is 50.2 Å². The molecule has 0 radical (unpaired) electrons. The van der Waals surface area contributed by atoms with Crippen LogP contribution in [0.1, 0.15) is 11.1 Å². The van der Waals surface area contributed by atoms with Crippen LogP contribution in [-0.4, -0.2) is 16.3 Å². The molecule has 0 unspecified atom stereocenters. The van der Waals surface area contributed by atoms with Crippen molar-refractivity contribution in [3.63, 3.8) is 0 Å². The first kappa shape index (κ1) is 16.9. The van der Waals surface area contributed by atoms with Crippen LogP contribution >= 0.6 is 7.37 Å². The molecular formula is C16H15O6P. The van der Waals surface area contributed by atoms with Crippen molar-refractivity contribution in [2.24, 2.45) is 0 Å². The van der Waals surface area contributed by atoms with Crippen LogP contribution in [0.3, 0.4) is 0 Å². The molecule has 0 aliphatic heterocycles. The summed E-state index contributed by atoms with van der Waals surface area (Å²) >= 11 is 0. The molecule has 0 saturated heterocycles. The highest BCUT2D eigenvalue weighted by atomic mass is 31.2. The first-order valence-electron chi connectivity index (χ1n) is 6.71. The van der Waals surface area contributed by atoms with Gasteiger partial charge in [0.25, 0.3) is 0 Å². The van der Waals surface area contributed by atoms with Gasteiger partial charge in [0.15, 0.2) is 0 Å². The van der Waals surface area contributed by atoms with Crippen molar-refractivity contribution in [2.45, 2.75) is 13.8 Å². The maximum Gasteiger partial charge on any atom is 0.411 e. The smallest absolute Gasteiger partial charge is 0.411 e. The number of hydrogen-bond donors (Lipinski definition) is 1. The minimum atomic E-state index is -4.97. The van der Waals surface area contributed by atoms with Crippen molar-refractivity contribution in [1.29, 1.82) is 0 Å². The number of carbonyl (C=O) groups is 2. The Balaban J connectivity index is 2.15. The highest BCUT2D eigenvalue weighted by molar-refractivity contribution is 7.89. The van der Waals surface area contributed by atoms with E-state index in [-0.39, 0.29) is 11.5 Å². The van der Waals surface area contributed by atoms with E-state index in [0.29, 0.717) is 11.1 Å². The second-order valence-corrected chi connectivity index (χ2v) is 6.73. The largest absolute Gasteiger partial charge is 0.419 e. The van der Waals surface area contributed by atoms with E-state index in [4.69, 9.17) is 9.47 Å². The summed E-state index contributed by atoms with van der Waals surface area (Å²) in [7, 11) is -4.97. The van der Waals surface area contributed by atoms with Gasteiger partial charge in [0.2, 0.25) is 0 Å². The summed E-state index contributed by atoms with van der Waals surface area (Å²) in [5.41, 5.74) is -1.89. The lowest BCUT2D eigenvalue weighted by molar-refractivity contribution is 0.210. The Kier molecular flexibility index (Phi) is 4.98. The molecule has 23 heavy (non-hydrogen) atoms. The second kappa shape index (κ2) is 6.77. The monoisotopic (exact) mass is 334 g/mol. The van der Waals surface area contributed by atoms with Crippen LogP contribution in [0.25, 0.3) is 0 Å². The molecule has 0 amide bonds. The molecule has 0 heterocycles. The molecule has 2 aromatic carbocycles. The van der Waals surface area contributed by atoms with E-state index in [1.807, 2.05) is 0 Å². The normalized spacial score (nSPS) is 10.9. The number of para-hydroxylation sites is 2. The number of rotatable bonds is 4. The van der Waals surface area contributed by atoms with E-state index in [1.165, 1.54) is 12.1 Å². The van der Waals surface area contributed by atoms with Crippen LogP contribution in [0.15, 0.2) is 48.5 Å². The van der Waals surface area contributed by atoms with Gasteiger partial charge in [0, 0.05) is 0 Å². The van der Waals surface area contributed by atoms with E-state index < -0.39 is 18.8 Å². The van der Waals surface area contributed by atoms with Gasteiger partial charge in [0.05, 0.1) is 0 Å². The SMILES string of the molecule is Cc1ccccc1OC(=O)P(=O)(O)C(=O)Oc1ccccc1C. The summed E-state index contributed by atoms with van der Waals surface area (Å²) in [6.45, 7) is 3.33. The van der Waals surface area contributed by atoms with Crippen molar-refractivity contribution >= 4 is 18.8 Å². The van der Waals surface area contributed by atoms with Gasteiger partial charge in [-0.25, -0.2) is 9.59 Å². The van der Waals surface area contributed by atoms with Gasteiger partial charge in [-0.3, -0.25) is 4.57 Å². The summed E-state index contributed by atoms with van der Waals surface area (Å²) in [6, 6.07) is 12.9. The summed E-state index contributed by atoms with van der Waals surface area (Å²) in [4.78, 5) is 33.5. The first-order valence-corrected chi connectivity index (χ1v) is 8.37. The molecule has 0 fully saturated rings. The molecule has 6 nitrogen and oxygen atoms in total. The highest BCUT2D eigenvalue weighted by Crippen LogP contribution is 2.45. The quantitative estimate of drug-likeness (QED) is 0.840. The first-order chi connectivity index (χ1) is 10.8. The summed E-state index contributed by atoms with van der Waals surface area (Å²) < 4.78 is 21.7. The molecule has 0 aliphatic rings. The Morgan fingerprint density at radius 2 is 1.17 bits per heavy atom. The van der Waals surface area contributed by atoms with Crippen LogP contribution in [0, 0.1) is 13.8 Å². The number of benzene rings is 2. The maximum absolute atomic E-state index is 12.1. The van der Waals surface area contributed by atoms with Gasteiger partial charge in [-0.1, -0.05) is 36.4 Å². The maximum atomic E-state index is 12.1. The van der Waals surface area contributed by atoms with Crippen LogP contribution in [0.2, 0.25) is 0 Å². The average Bonchev–Trinajstić information content (AvgIpc) is 2.51. The van der Waals surface area contributed by atoms with Crippen molar-refractivity contribution in [3.8, 4) is 11.5 Å². The van der Waals surface area contributed by atoms with Gasteiger partial charge in [-0.2, -0.15) is 0 Å². The summed E-state index contributed by atoms with van der Waals surface area (Å²) in [6.07, 6.45) is 0. The molecule has 0 saturated carbocycles. The van der Waals surface area contributed by atoms with E-state index >= 15 is 0 Å². The fourth-order valence-corrected chi connectivity index (χ4v) is 2.32.